The summed E-state index contributed by atoms with van der Waals surface area (Å²) in [6, 6.07) is 11.2. The van der Waals surface area contributed by atoms with Crippen LogP contribution in [-0.4, -0.2) is 96.4 Å². The zero-order valence-electron chi connectivity index (χ0n) is 20.7. The number of hydrogen-bond acceptors (Lipinski definition) is 9. The molecule has 3 saturated heterocycles. The Morgan fingerprint density at radius 1 is 0.973 bits per heavy atom. The molecular weight excluding hydrogens is 492 g/mol. The largest absolute Gasteiger partial charge is 0.354 e. The number of carbonyl (C=O) groups is 3. The summed E-state index contributed by atoms with van der Waals surface area (Å²) in [5.74, 6) is 0.942. The summed E-state index contributed by atoms with van der Waals surface area (Å²) >= 11 is 0.875. The number of urea groups is 1. The minimum absolute atomic E-state index is 0.125. The van der Waals surface area contributed by atoms with E-state index in [1.54, 1.807) is 6.08 Å². The Bertz CT molecular complexity index is 1200. The number of carbonyl (C=O) groups excluding carboxylic acids is 3. The number of imide groups is 1. The van der Waals surface area contributed by atoms with Crippen LogP contribution in [0.5, 0.6) is 0 Å². The first kappa shape index (κ1) is 25.0. The fourth-order valence-corrected chi connectivity index (χ4v) is 5.12. The minimum Gasteiger partial charge on any atom is -0.354 e. The summed E-state index contributed by atoms with van der Waals surface area (Å²) < 4.78 is 0. The number of aromatic nitrogens is 2. The maximum absolute atomic E-state index is 12.8. The zero-order valence-corrected chi connectivity index (χ0v) is 21.5. The van der Waals surface area contributed by atoms with Gasteiger partial charge in [-0.3, -0.25) is 14.9 Å². The molecule has 1 aromatic heterocycles. The molecule has 0 spiro atoms. The van der Waals surface area contributed by atoms with Gasteiger partial charge in [0.15, 0.2) is 0 Å². The first-order valence-electron chi connectivity index (χ1n) is 12.4. The lowest BCUT2D eigenvalue weighted by atomic mass is 10.3. The van der Waals surface area contributed by atoms with Crippen LogP contribution >= 0.6 is 11.8 Å². The Kier molecular flexibility index (Phi) is 7.56. The van der Waals surface area contributed by atoms with Crippen molar-refractivity contribution in [1.29, 1.82) is 0 Å². The molecule has 11 nitrogen and oxygen atoms in total. The van der Waals surface area contributed by atoms with Crippen molar-refractivity contribution in [2.75, 3.05) is 74.5 Å². The molecule has 12 heteroatoms. The molecule has 3 fully saturated rings. The van der Waals surface area contributed by atoms with Gasteiger partial charge in [-0.15, -0.1) is 0 Å². The van der Waals surface area contributed by atoms with Crippen molar-refractivity contribution < 1.29 is 14.4 Å². The molecule has 1 aromatic carbocycles. The number of nitrogens with zero attached hydrogens (tertiary/aromatic N) is 6. The summed E-state index contributed by atoms with van der Waals surface area (Å²) in [7, 11) is 2.10. The second-order valence-electron chi connectivity index (χ2n) is 9.22. The Hall–Kier alpha value is -3.64. The van der Waals surface area contributed by atoms with Crippen molar-refractivity contribution in [1.82, 2.24) is 25.1 Å². The highest BCUT2D eigenvalue weighted by Crippen LogP contribution is 2.27. The smallest absolute Gasteiger partial charge is 0.321 e. The van der Waals surface area contributed by atoms with Gasteiger partial charge in [0.25, 0.3) is 11.1 Å². The number of anilines is 3. The maximum atomic E-state index is 12.8. The third-order valence-electron chi connectivity index (χ3n) is 6.56. The molecule has 0 saturated carbocycles. The minimum atomic E-state index is -0.411. The van der Waals surface area contributed by atoms with Gasteiger partial charge in [0.1, 0.15) is 5.82 Å². The van der Waals surface area contributed by atoms with Gasteiger partial charge in [-0.25, -0.2) is 9.78 Å². The molecule has 4 heterocycles. The van der Waals surface area contributed by atoms with Crippen LogP contribution < -0.4 is 20.4 Å². The van der Waals surface area contributed by atoms with Crippen LogP contribution in [0.15, 0.2) is 41.3 Å². The van der Waals surface area contributed by atoms with E-state index >= 15 is 0 Å². The number of nitrogens with one attached hydrogen (secondary N) is 2. The molecule has 3 aliphatic rings. The Balaban J connectivity index is 1.36. The molecule has 3 aliphatic heterocycles. The SMILES string of the molecule is CN1CCN(c2cc(/C=C3\SC(=O)NC3=O)nc(N3CCCN(C(=O)Nc4ccccc4)CC3)n2)CC1. The van der Waals surface area contributed by atoms with Gasteiger partial charge in [0.05, 0.1) is 10.6 Å². The van der Waals surface area contributed by atoms with E-state index in [-0.39, 0.29) is 11.3 Å². The number of hydrogen-bond donors (Lipinski definition) is 2. The van der Waals surface area contributed by atoms with E-state index in [0.29, 0.717) is 42.7 Å². The summed E-state index contributed by atoms with van der Waals surface area (Å²) in [5.41, 5.74) is 1.34. The number of thioether (sulfide) groups is 1. The van der Waals surface area contributed by atoms with Gasteiger partial charge in [-0.05, 0) is 43.4 Å². The fraction of sp³-hybridized carbons (Fsp3) is 0.400. The van der Waals surface area contributed by atoms with Crippen molar-refractivity contribution in [3.63, 3.8) is 0 Å². The number of piperazine rings is 1. The molecule has 0 unspecified atom stereocenters. The average molecular weight is 523 g/mol. The predicted molar refractivity (Wildman–Crippen MR) is 145 cm³/mol. The van der Waals surface area contributed by atoms with Gasteiger partial charge in [-0.1, -0.05) is 18.2 Å². The van der Waals surface area contributed by atoms with Crippen molar-refractivity contribution >= 4 is 52.5 Å². The molecule has 2 N–H and O–H groups in total. The van der Waals surface area contributed by atoms with E-state index in [9.17, 15) is 14.4 Å². The molecule has 37 heavy (non-hydrogen) atoms. The van der Waals surface area contributed by atoms with Crippen molar-refractivity contribution in [3.8, 4) is 0 Å². The predicted octanol–water partition coefficient (Wildman–Crippen LogP) is 2.30. The van der Waals surface area contributed by atoms with E-state index in [0.717, 1.165) is 55.9 Å². The molecule has 2 aromatic rings. The first-order valence-corrected chi connectivity index (χ1v) is 13.2. The van der Waals surface area contributed by atoms with Crippen LogP contribution in [0.1, 0.15) is 12.1 Å². The number of rotatable bonds is 4. The molecule has 5 rings (SSSR count). The number of amides is 4. The lowest BCUT2D eigenvalue weighted by molar-refractivity contribution is -0.115. The van der Waals surface area contributed by atoms with Gasteiger partial charge < -0.3 is 24.9 Å². The first-order chi connectivity index (χ1) is 17.9. The number of benzene rings is 1. The zero-order chi connectivity index (χ0) is 25.8. The normalized spacial score (nSPS) is 20.2. The maximum Gasteiger partial charge on any atom is 0.321 e. The van der Waals surface area contributed by atoms with Gasteiger partial charge in [0, 0.05) is 64.1 Å². The Labute approximate surface area is 219 Å². The summed E-state index contributed by atoms with van der Waals surface area (Å²) in [5, 5.41) is 4.87. The summed E-state index contributed by atoms with van der Waals surface area (Å²) in [4.78, 5) is 55.0. The highest BCUT2D eigenvalue weighted by Gasteiger charge is 2.27. The monoisotopic (exact) mass is 522 g/mol. The van der Waals surface area contributed by atoms with E-state index in [4.69, 9.17) is 9.97 Å². The highest BCUT2D eigenvalue weighted by molar-refractivity contribution is 8.18. The lowest BCUT2D eigenvalue weighted by Gasteiger charge is -2.34. The van der Waals surface area contributed by atoms with E-state index in [1.807, 2.05) is 41.3 Å². The molecule has 4 amide bonds. The van der Waals surface area contributed by atoms with Crippen LogP contribution in [0.3, 0.4) is 0 Å². The van der Waals surface area contributed by atoms with Crippen molar-refractivity contribution in [2.24, 2.45) is 0 Å². The third kappa shape index (κ3) is 6.20. The van der Waals surface area contributed by atoms with E-state index < -0.39 is 5.91 Å². The summed E-state index contributed by atoms with van der Waals surface area (Å²) in [6.07, 6.45) is 2.42. The summed E-state index contributed by atoms with van der Waals surface area (Å²) in [6.45, 7) is 5.97. The van der Waals surface area contributed by atoms with Gasteiger partial charge >= 0.3 is 6.03 Å². The molecule has 0 bridgehead atoms. The average Bonchev–Trinajstić information content (AvgIpc) is 3.07. The fourth-order valence-electron chi connectivity index (χ4n) is 4.45. The third-order valence-corrected chi connectivity index (χ3v) is 7.37. The lowest BCUT2D eigenvalue weighted by Crippen LogP contribution is -2.45. The molecule has 194 valence electrons. The van der Waals surface area contributed by atoms with Crippen LogP contribution in [0.2, 0.25) is 0 Å². The Morgan fingerprint density at radius 3 is 2.46 bits per heavy atom. The van der Waals surface area contributed by atoms with Crippen LogP contribution in [-0.2, 0) is 4.79 Å². The second kappa shape index (κ2) is 11.2. The van der Waals surface area contributed by atoms with Crippen LogP contribution in [0, 0.1) is 0 Å². The molecule has 0 radical (unpaired) electrons. The van der Waals surface area contributed by atoms with Crippen molar-refractivity contribution in [2.45, 2.75) is 6.42 Å². The van der Waals surface area contributed by atoms with Crippen molar-refractivity contribution in [3.05, 3.63) is 47.0 Å². The number of para-hydroxylation sites is 1. The van der Waals surface area contributed by atoms with E-state index in [2.05, 4.69) is 32.4 Å². The van der Waals surface area contributed by atoms with Crippen LogP contribution in [0.4, 0.5) is 27.0 Å². The topological polar surface area (TPSA) is 114 Å². The quantitative estimate of drug-likeness (QED) is 0.584. The molecular formula is C25H30N8O3S. The highest BCUT2D eigenvalue weighted by atomic mass is 32.2. The van der Waals surface area contributed by atoms with E-state index in [1.165, 1.54) is 0 Å². The Morgan fingerprint density at radius 2 is 1.73 bits per heavy atom. The molecule has 0 atom stereocenters. The standard InChI is InChI=1S/C25H30N8O3S/c1-30-10-12-31(13-11-30)21-17-19(16-20-22(34)29-25(36)37-20)26-23(28-21)32-8-5-9-33(15-14-32)24(35)27-18-6-3-2-4-7-18/h2-4,6-7,16-17H,5,8-15H2,1H3,(H,27,35)(H,29,34,36)/b20-16-. The number of likely N-dealkylation sites (N-methyl/N-ethyl adjacent to an activating group) is 1. The van der Waals surface area contributed by atoms with Gasteiger partial charge in [-0.2, -0.15) is 4.98 Å². The van der Waals surface area contributed by atoms with Gasteiger partial charge in [0.2, 0.25) is 5.95 Å². The molecule has 0 aliphatic carbocycles. The second-order valence-corrected chi connectivity index (χ2v) is 10.2. The van der Waals surface area contributed by atoms with Crippen LogP contribution in [0.25, 0.3) is 6.08 Å².